The van der Waals surface area contributed by atoms with E-state index in [1.54, 1.807) is 0 Å². The first-order valence-electron chi connectivity index (χ1n) is 6.96. The molecule has 5 heteroatoms. The SMILES string of the molecule is CCCc1nc(C2CN3CCN2CC3)sc1CN. The van der Waals surface area contributed by atoms with Crippen molar-refractivity contribution in [3.63, 3.8) is 0 Å². The van der Waals surface area contributed by atoms with Crippen LogP contribution >= 0.6 is 11.3 Å². The molecule has 3 aliphatic heterocycles. The molecule has 1 unspecified atom stereocenters. The van der Waals surface area contributed by atoms with E-state index < -0.39 is 0 Å². The average Bonchev–Trinajstić information content (AvgIpc) is 2.83. The molecule has 3 saturated heterocycles. The van der Waals surface area contributed by atoms with Crippen molar-refractivity contribution in [3.05, 3.63) is 15.6 Å². The highest BCUT2D eigenvalue weighted by Gasteiger charge is 2.34. The predicted octanol–water partition coefficient (Wildman–Crippen LogP) is 1.23. The summed E-state index contributed by atoms with van der Waals surface area (Å²) in [6.45, 7) is 8.86. The van der Waals surface area contributed by atoms with Crippen molar-refractivity contribution in [1.82, 2.24) is 14.8 Å². The summed E-state index contributed by atoms with van der Waals surface area (Å²) in [7, 11) is 0. The molecule has 0 amide bonds. The summed E-state index contributed by atoms with van der Waals surface area (Å²) >= 11 is 1.84. The summed E-state index contributed by atoms with van der Waals surface area (Å²) in [4.78, 5) is 11.3. The number of thiazole rings is 1. The number of hydrogen-bond acceptors (Lipinski definition) is 5. The molecule has 1 aromatic heterocycles. The molecule has 2 N–H and O–H groups in total. The van der Waals surface area contributed by atoms with Crippen LogP contribution in [0, 0.1) is 0 Å². The van der Waals surface area contributed by atoms with Gasteiger partial charge in [-0.25, -0.2) is 4.98 Å². The fourth-order valence-corrected chi connectivity index (χ4v) is 4.11. The van der Waals surface area contributed by atoms with Crippen LogP contribution in [0.2, 0.25) is 0 Å². The molecule has 3 fully saturated rings. The monoisotopic (exact) mass is 266 g/mol. The van der Waals surface area contributed by atoms with Crippen molar-refractivity contribution in [2.45, 2.75) is 32.4 Å². The summed E-state index contributed by atoms with van der Waals surface area (Å²) in [5, 5.41) is 1.29. The fraction of sp³-hybridized carbons (Fsp3) is 0.769. The molecular weight excluding hydrogens is 244 g/mol. The van der Waals surface area contributed by atoms with E-state index in [0.717, 1.165) is 19.4 Å². The van der Waals surface area contributed by atoms with Gasteiger partial charge in [0.05, 0.1) is 11.7 Å². The van der Waals surface area contributed by atoms with Gasteiger partial charge in [0, 0.05) is 44.1 Å². The Balaban J connectivity index is 1.83. The van der Waals surface area contributed by atoms with E-state index in [9.17, 15) is 0 Å². The van der Waals surface area contributed by atoms with Gasteiger partial charge in [0.25, 0.3) is 0 Å². The topological polar surface area (TPSA) is 45.4 Å². The molecule has 0 aromatic carbocycles. The molecule has 0 saturated carbocycles. The number of nitrogens with two attached hydrogens (primary N) is 1. The zero-order chi connectivity index (χ0) is 12.5. The number of fused-ring (bicyclic) bond motifs is 3. The smallest absolute Gasteiger partial charge is 0.112 e. The molecule has 2 bridgehead atoms. The number of nitrogens with zero attached hydrogens (tertiary/aromatic N) is 3. The molecule has 0 aliphatic carbocycles. The molecule has 18 heavy (non-hydrogen) atoms. The maximum Gasteiger partial charge on any atom is 0.112 e. The lowest BCUT2D eigenvalue weighted by Crippen LogP contribution is -2.56. The van der Waals surface area contributed by atoms with Gasteiger partial charge in [-0.1, -0.05) is 13.3 Å². The van der Waals surface area contributed by atoms with Crippen molar-refractivity contribution in [3.8, 4) is 0 Å². The van der Waals surface area contributed by atoms with E-state index >= 15 is 0 Å². The normalized spacial score (nSPS) is 30.9. The number of rotatable bonds is 4. The highest BCUT2D eigenvalue weighted by Crippen LogP contribution is 2.33. The highest BCUT2D eigenvalue weighted by molar-refractivity contribution is 7.11. The molecule has 4 rings (SSSR count). The van der Waals surface area contributed by atoms with E-state index in [1.807, 2.05) is 11.3 Å². The lowest BCUT2D eigenvalue weighted by molar-refractivity contribution is 0.0122. The van der Waals surface area contributed by atoms with Crippen LogP contribution in [0.5, 0.6) is 0 Å². The second-order valence-electron chi connectivity index (χ2n) is 5.23. The third-order valence-corrected chi connectivity index (χ3v) is 5.25. The van der Waals surface area contributed by atoms with Crippen molar-refractivity contribution < 1.29 is 0 Å². The Labute approximate surface area is 113 Å². The van der Waals surface area contributed by atoms with Crippen molar-refractivity contribution >= 4 is 11.3 Å². The Hall–Kier alpha value is -0.490. The zero-order valence-electron chi connectivity index (χ0n) is 11.1. The molecule has 0 radical (unpaired) electrons. The zero-order valence-corrected chi connectivity index (χ0v) is 11.9. The van der Waals surface area contributed by atoms with E-state index in [0.29, 0.717) is 12.6 Å². The van der Waals surface area contributed by atoms with Crippen LogP contribution in [-0.2, 0) is 13.0 Å². The Morgan fingerprint density at radius 3 is 2.67 bits per heavy atom. The maximum absolute atomic E-state index is 5.85. The second kappa shape index (κ2) is 5.25. The Kier molecular flexibility index (Phi) is 3.66. The fourth-order valence-electron chi connectivity index (χ4n) is 2.99. The molecule has 1 atom stereocenters. The van der Waals surface area contributed by atoms with Crippen LogP contribution in [0.15, 0.2) is 0 Å². The van der Waals surface area contributed by atoms with Crippen LogP contribution in [-0.4, -0.2) is 47.5 Å². The van der Waals surface area contributed by atoms with Gasteiger partial charge in [-0.15, -0.1) is 11.3 Å². The Morgan fingerprint density at radius 2 is 2.11 bits per heavy atom. The number of piperazine rings is 3. The van der Waals surface area contributed by atoms with Gasteiger partial charge >= 0.3 is 0 Å². The summed E-state index contributed by atoms with van der Waals surface area (Å²) in [6.07, 6.45) is 2.22. The molecule has 3 aliphatic rings. The number of hydrogen-bond donors (Lipinski definition) is 1. The average molecular weight is 266 g/mol. The highest BCUT2D eigenvalue weighted by atomic mass is 32.1. The predicted molar refractivity (Wildman–Crippen MR) is 74.8 cm³/mol. The van der Waals surface area contributed by atoms with E-state index in [4.69, 9.17) is 10.7 Å². The third-order valence-electron chi connectivity index (χ3n) is 4.03. The minimum absolute atomic E-state index is 0.522. The number of aromatic nitrogens is 1. The lowest BCUT2D eigenvalue weighted by atomic mass is 10.1. The lowest BCUT2D eigenvalue weighted by Gasteiger charge is -2.46. The van der Waals surface area contributed by atoms with E-state index in [-0.39, 0.29) is 0 Å². The summed E-state index contributed by atoms with van der Waals surface area (Å²) in [5.41, 5.74) is 7.09. The molecule has 1 aromatic rings. The van der Waals surface area contributed by atoms with E-state index in [1.165, 1.54) is 41.8 Å². The van der Waals surface area contributed by atoms with Gasteiger partial charge in [-0.2, -0.15) is 0 Å². The Morgan fingerprint density at radius 1 is 1.33 bits per heavy atom. The standard InChI is InChI=1S/C13H22N4S/c1-2-3-10-12(8-14)18-13(15-10)11-9-16-4-6-17(11)7-5-16/h11H,2-9,14H2,1H3. The number of aryl methyl sites for hydroxylation is 1. The van der Waals surface area contributed by atoms with Gasteiger partial charge in [0.15, 0.2) is 0 Å². The largest absolute Gasteiger partial charge is 0.326 e. The first-order chi connectivity index (χ1) is 8.81. The maximum atomic E-state index is 5.85. The van der Waals surface area contributed by atoms with Crippen LogP contribution in [0.1, 0.15) is 35.0 Å². The third kappa shape index (κ3) is 2.20. The summed E-state index contributed by atoms with van der Waals surface area (Å²) < 4.78 is 0. The van der Waals surface area contributed by atoms with Crippen molar-refractivity contribution in [2.75, 3.05) is 32.7 Å². The van der Waals surface area contributed by atoms with Crippen LogP contribution in [0.4, 0.5) is 0 Å². The molecule has 4 nitrogen and oxygen atoms in total. The van der Waals surface area contributed by atoms with Gasteiger partial charge in [-0.05, 0) is 6.42 Å². The second-order valence-corrected chi connectivity index (χ2v) is 6.34. The first-order valence-corrected chi connectivity index (χ1v) is 7.78. The van der Waals surface area contributed by atoms with Crippen LogP contribution < -0.4 is 5.73 Å². The summed E-state index contributed by atoms with van der Waals surface area (Å²) in [5.74, 6) is 0. The minimum Gasteiger partial charge on any atom is -0.326 e. The van der Waals surface area contributed by atoms with Gasteiger partial charge in [0.2, 0.25) is 0 Å². The Bertz CT molecular complexity index is 409. The molecule has 4 heterocycles. The first kappa shape index (κ1) is 12.5. The van der Waals surface area contributed by atoms with Crippen LogP contribution in [0.3, 0.4) is 0 Å². The van der Waals surface area contributed by atoms with Gasteiger partial charge in [0.1, 0.15) is 5.01 Å². The van der Waals surface area contributed by atoms with Gasteiger partial charge in [-0.3, -0.25) is 9.80 Å². The van der Waals surface area contributed by atoms with Crippen molar-refractivity contribution in [1.29, 1.82) is 0 Å². The molecule has 100 valence electrons. The minimum atomic E-state index is 0.522. The molecular formula is C13H22N4S. The van der Waals surface area contributed by atoms with Crippen molar-refractivity contribution in [2.24, 2.45) is 5.73 Å². The van der Waals surface area contributed by atoms with E-state index in [2.05, 4.69) is 16.7 Å². The molecule has 0 spiro atoms. The van der Waals surface area contributed by atoms with Gasteiger partial charge < -0.3 is 5.73 Å². The van der Waals surface area contributed by atoms with Crippen LogP contribution in [0.25, 0.3) is 0 Å². The quantitative estimate of drug-likeness (QED) is 0.890. The summed E-state index contributed by atoms with van der Waals surface area (Å²) in [6, 6.07) is 0.522.